The van der Waals surface area contributed by atoms with Gasteiger partial charge >= 0.3 is 0 Å². The van der Waals surface area contributed by atoms with Crippen molar-refractivity contribution in [3.8, 4) is 0 Å². The molecule has 1 aliphatic heterocycles. The molecule has 2 aromatic heterocycles. The highest BCUT2D eigenvalue weighted by Gasteiger charge is 2.21. The van der Waals surface area contributed by atoms with Gasteiger partial charge in [0.25, 0.3) is 0 Å². The lowest BCUT2D eigenvalue weighted by Gasteiger charge is -2.37. The minimum absolute atomic E-state index is 0. The first-order valence-electron chi connectivity index (χ1n) is 9.55. The normalized spacial score (nSPS) is 14.3. The van der Waals surface area contributed by atoms with Crippen molar-refractivity contribution >= 4 is 41.7 Å². The molecule has 9 heteroatoms. The van der Waals surface area contributed by atoms with E-state index in [-0.39, 0.29) is 36.4 Å². The van der Waals surface area contributed by atoms with Crippen molar-refractivity contribution in [3.05, 3.63) is 48.6 Å². The summed E-state index contributed by atoms with van der Waals surface area (Å²) in [6, 6.07) is 9.80. The Hall–Kier alpha value is -2.30. The molecule has 0 atom stereocenters. The van der Waals surface area contributed by atoms with Crippen LogP contribution in [0.2, 0.25) is 0 Å². The Kier molecular flexibility index (Phi) is 9.23. The van der Waals surface area contributed by atoms with Crippen LogP contribution in [0, 0.1) is 0 Å². The van der Waals surface area contributed by atoms with Crippen molar-refractivity contribution in [2.45, 2.75) is 6.42 Å². The first-order chi connectivity index (χ1) is 13.6. The average molecular weight is 512 g/mol. The zero-order valence-corrected chi connectivity index (χ0v) is 19.3. The van der Waals surface area contributed by atoms with E-state index in [0.29, 0.717) is 6.54 Å². The molecular weight excluding hydrogens is 483 g/mol. The molecule has 1 saturated heterocycles. The highest BCUT2D eigenvalue weighted by molar-refractivity contribution is 14.0. The number of likely N-dealkylation sites (N-methyl/N-ethyl adjacent to an activating group) is 1. The molecule has 158 valence electrons. The van der Waals surface area contributed by atoms with E-state index in [2.05, 4.69) is 25.1 Å². The van der Waals surface area contributed by atoms with Gasteiger partial charge in [-0.05, 0) is 24.3 Å². The molecule has 1 N–H and O–H groups in total. The highest BCUT2D eigenvalue weighted by Crippen LogP contribution is 2.12. The predicted octanol–water partition coefficient (Wildman–Crippen LogP) is 1.69. The SMILES string of the molecule is CN(C)C(=O)CN=C(NCCc1ccco1)N1CCN(c2ccccn2)CC1.I. The van der Waals surface area contributed by atoms with Crippen LogP contribution < -0.4 is 10.2 Å². The van der Waals surface area contributed by atoms with E-state index in [9.17, 15) is 4.79 Å². The Labute approximate surface area is 189 Å². The average Bonchev–Trinajstić information content (AvgIpc) is 3.24. The summed E-state index contributed by atoms with van der Waals surface area (Å²) in [4.78, 5) is 27.0. The van der Waals surface area contributed by atoms with Gasteiger partial charge in [0.05, 0.1) is 6.26 Å². The van der Waals surface area contributed by atoms with Crippen LogP contribution >= 0.6 is 24.0 Å². The Morgan fingerprint density at radius 1 is 1.21 bits per heavy atom. The number of guanidine groups is 1. The number of pyridine rings is 1. The van der Waals surface area contributed by atoms with E-state index in [1.807, 2.05) is 36.5 Å². The summed E-state index contributed by atoms with van der Waals surface area (Å²) >= 11 is 0. The van der Waals surface area contributed by atoms with E-state index in [1.165, 1.54) is 0 Å². The van der Waals surface area contributed by atoms with Gasteiger partial charge in [0, 0.05) is 59.4 Å². The number of hydrogen-bond donors (Lipinski definition) is 1. The summed E-state index contributed by atoms with van der Waals surface area (Å²) in [5, 5.41) is 3.39. The van der Waals surface area contributed by atoms with Crippen LogP contribution in [-0.4, -0.2) is 80.0 Å². The van der Waals surface area contributed by atoms with E-state index < -0.39 is 0 Å². The molecule has 0 bridgehead atoms. The molecule has 29 heavy (non-hydrogen) atoms. The molecule has 3 heterocycles. The third kappa shape index (κ3) is 6.91. The molecule has 3 rings (SSSR count). The number of nitrogens with zero attached hydrogens (tertiary/aromatic N) is 5. The number of hydrogen-bond acceptors (Lipinski definition) is 5. The number of carbonyl (C=O) groups is 1. The lowest BCUT2D eigenvalue weighted by molar-refractivity contribution is -0.127. The van der Waals surface area contributed by atoms with Crippen LogP contribution in [0.4, 0.5) is 5.82 Å². The molecule has 0 aliphatic carbocycles. The number of aliphatic imine (C=N–C) groups is 1. The highest BCUT2D eigenvalue weighted by atomic mass is 127. The first kappa shape index (κ1) is 23.0. The summed E-state index contributed by atoms with van der Waals surface area (Å²) in [6.07, 6.45) is 4.26. The molecule has 0 spiro atoms. The minimum atomic E-state index is -0.0162. The van der Waals surface area contributed by atoms with E-state index in [4.69, 9.17) is 4.42 Å². The van der Waals surface area contributed by atoms with Crippen LogP contribution in [0.15, 0.2) is 52.2 Å². The van der Waals surface area contributed by atoms with Crippen LogP contribution in [0.25, 0.3) is 0 Å². The number of rotatable bonds is 6. The molecule has 0 unspecified atom stereocenters. The van der Waals surface area contributed by atoms with Crippen molar-refractivity contribution in [3.63, 3.8) is 0 Å². The number of amides is 1. The number of nitrogens with one attached hydrogen (secondary N) is 1. The number of carbonyl (C=O) groups excluding carboxylic acids is 1. The van der Waals surface area contributed by atoms with Gasteiger partial charge in [-0.1, -0.05) is 6.07 Å². The third-order valence-corrected chi connectivity index (χ3v) is 4.65. The monoisotopic (exact) mass is 512 g/mol. The maximum atomic E-state index is 12.0. The van der Waals surface area contributed by atoms with Crippen LogP contribution in [0.5, 0.6) is 0 Å². The molecule has 1 aliphatic rings. The summed E-state index contributed by atoms with van der Waals surface area (Å²) in [6.45, 7) is 4.19. The Morgan fingerprint density at radius 2 is 2.00 bits per heavy atom. The maximum Gasteiger partial charge on any atom is 0.243 e. The van der Waals surface area contributed by atoms with Gasteiger partial charge in [-0.3, -0.25) is 4.79 Å². The molecule has 8 nitrogen and oxygen atoms in total. The summed E-state index contributed by atoms with van der Waals surface area (Å²) in [7, 11) is 3.49. The quantitative estimate of drug-likeness (QED) is 0.361. The Morgan fingerprint density at radius 3 is 2.62 bits per heavy atom. The number of aromatic nitrogens is 1. The van der Waals surface area contributed by atoms with Crippen LogP contribution in [-0.2, 0) is 11.2 Å². The van der Waals surface area contributed by atoms with Crippen molar-refractivity contribution in [2.75, 3.05) is 58.3 Å². The van der Waals surface area contributed by atoms with Crippen molar-refractivity contribution < 1.29 is 9.21 Å². The van der Waals surface area contributed by atoms with E-state index in [0.717, 1.165) is 50.1 Å². The second-order valence-electron chi connectivity index (χ2n) is 6.85. The van der Waals surface area contributed by atoms with Gasteiger partial charge in [-0.25, -0.2) is 9.98 Å². The van der Waals surface area contributed by atoms with Gasteiger partial charge in [-0.2, -0.15) is 0 Å². The molecule has 2 aromatic rings. The van der Waals surface area contributed by atoms with Crippen molar-refractivity contribution in [1.82, 2.24) is 20.1 Å². The lowest BCUT2D eigenvalue weighted by atomic mass is 10.3. The smallest absolute Gasteiger partial charge is 0.243 e. The zero-order valence-electron chi connectivity index (χ0n) is 17.0. The third-order valence-electron chi connectivity index (χ3n) is 4.65. The predicted molar refractivity (Wildman–Crippen MR) is 125 cm³/mol. The number of piperazine rings is 1. The van der Waals surface area contributed by atoms with E-state index >= 15 is 0 Å². The molecule has 0 saturated carbocycles. The van der Waals surface area contributed by atoms with Gasteiger partial charge < -0.3 is 24.4 Å². The molecule has 0 aromatic carbocycles. The molecular formula is C20H29IN6O2. The van der Waals surface area contributed by atoms with Gasteiger partial charge in [0.15, 0.2) is 5.96 Å². The summed E-state index contributed by atoms with van der Waals surface area (Å²) < 4.78 is 5.39. The fraction of sp³-hybridized carbons (Fsp3) is 0.450. The van der Waals surface area contributed by atoms with Crippen LogP contribution in [0.1, 0.15) is 5.76 Å². The van der Waals surface area contributed by atoms with Gasteiger partial charge in [0.2, 0.25) is 5.91 Å². The Balaban J connectivity index is 0.00000300. The van der Waals surface area contributed by atoms with Crippen molar-refractivity contribution in [2.24, 2.45) is 4.99 Å². The summed E-state index contributed by atoms with van der Waals surface area (Å²) in [5.41, 5.74) is 0. The molecule has 1 fully saturated rings. The fourth-order valence-electron chi connectivity index (χ4n) is 2.99. The zero-order chi connectivity index (χ0) is 19.8. The Bertz CT molecular complexity index is 759. The fourth-order valence-corrected chi connectivity index (χ4v) is 2.99. The largest absolute Gasteiger partial charge is 0.469 e. The van der Waals surface area contributed by atoms with E-state index in [1.54, 1.807) is 25.3 Å². The molecule has 0 radical (unpaired) electrons. The van der Waals surface area contributed by atoms with Crippen molar-refractivity contribution in [1.29, 1.82) is 0 Å². The second kappa shape index (κ2) is 11.6. The topological polar surface area (TPSA) is 77.2 Å². The maximum absolute atomic E-state index is 12.0. The molecule has 1 amide bonds. The minimum Gasteiger partial charge on any atom is -0.469 e. The van der Waals surface area contributed by atoms with Crippen LogP contribution in [0.3, 0.4) is 0 Å². The number of anilines is 1. The number of furan rings is 1. The lowest BCUT2D eigenvalue weighted by Crippen LogP contribution is -2.53. The standard InChI is InChI=1S/C20H28N6O2.HI/c1-24(2)19(27)16-23-20(22-10-8-17-6-5-15-28-17)26-13-11-25(12-14-26)18-7-3-4-9-21-18;/h3-7,9,15H,8,10-14,16H2,1-2H3,(H,22,23);1H. The second-order valence-corrected chi connectivity index (χ2v) is 6.85. The van der Waals surface area contributed by atoms with Gasteiger partial charge in [-0.15, -0.1) is 24.0 Å². The summed E-state index contributed by atoms with van der Waals surface area (Å²) in [5.74, 6) is 2.67. The number of halogens is 1. The van der Waals surface area contributed by atoms with Gasteiger partial charge in [0.1, 0.15) is 18.1 Å². The first-order valence-corrected chi connectivity index (χ1v) is 9.55.